The van der Waals surface area contributed by atoms with Gasteiger partial charge in [0.05, 0.1) is 0 Å². The minimum Gasteiger partial charge on any atom is -0.244 e. The fourth-order valence-electron chi connectivity index (χ4n) is 10.0. The van der Waals surface area contributed by atoms with E-state index in [1.807, 2.05) is 0 Å². The molecule has 4 saturated carbocycles. The van der Waals surface area contributed by atoms with E-state index in [0.29, 0.717) is 23.7 Å². The minimum absolute atomic E-state index is 0.0708. The van der Waals surface area contributed by atoms with Gasteiger partial charge in [-0.1, -0.05) is 78.6 Å². The summed E-state index contributed by atoms with van der Waals surface area (Å²) in [4.78, 5) is 0. The van der Waals surface area contributed by atoms with Crippen molar-refractivity contribution in [2.75, 3.05) is 0 Å². The highest BCUT2D eigenvalue weighted by molar-refractivity contribution is 4.95. The Bertz CT molecular complexity index is 712. The molecule has 9 unspecified atom stereocenters. The van der Waals surface area contributed by atoms with Gasteiger partial charge in [0.15, 0.2) is 0 Å². The van der Waals surface area contributed by atoms with Crippen molar-refractivity contribution in [1.29, 1.82) is 0 Å². The summed E-state index contributed by atoms with van der Waals surface area (Å²) in [5.74, 6) is 1.96. The van der Waals surface area contributed by atoms with E-state index in [0.717, 1.165) is 95.8 Å². The van der Waals surface area contributed by atoms with Gasteiger partial charge in [0.1, 0.15) is 24.7 Å². The van der Waals surface area contributed by atoms with Gasteiger partial charge in [0, 0.05) is 0 Å². The van der Waals surface area contributed by atoms with Crippen molar-refractivity contribution in [1.82, 2.24) is 0 Å². The average Bonchev–Trinajstić information content (AvgIpc) is 2.99. The van der Waals surface area contributed by atoms with Crippen LogP contribution >= 0.6 is 0 Å². The van der Waals surface area contributed by atoms with Crippen LogP contribution in [0.3, 0.4) is 0 Å². The minimum atomic E-state index is -1.31. The van der Waals surface area contributed by atoms with Gasteiger partial charge < -0.3 is 0 Å². The number of hydrogen-bond donors (Lipinski definition) is 0. The summed E-state index contributed by atoms with van der Waals surface area (Å²) in [5, 5.41) is 0. The molecule has 0 N–H and O–H groups in total. The van der Waals surface area contributed by atoms with Crippen molar-refractivity contribution in [3.8, 4) is 0 Å². The predicted octanol–water partition coefficient (Wildman–Crippen LogP) is 12.2. The maximum atomic E-state index is 15.5. The number of hydrogen-bond acceptors (Lipinski definition) is 0. The van der Waals surface area contributed by atoms with Crippen molar-refractivity contribution >= 4 is 0 Å². The first kappa shape index (κ1) is 33.6. The Labute approximate surface area is 251 Å². The topological polar surface area (TPSA) is 0 Å². The smallest absolute Gasteiger partial charge is 0.134 e. The maximum absolute atomic E-state index is 15.5. The SMILES string of the molecule is CCCCCCC1CCC(C2CCC(C(C)CC3CCC(C4CCC(CCCC)CC4)C(F)C3F)CC2)C(F)C1F. The highest BCUT2D eigenvalue weighted by Gasteiger charge is 2.46. The third-order valence-corrected chi connectivity index (χ3v) is 12.9. The van der Waals surface area contributed by atoms with Gasteiger partial charge in [-0.05, 0) is 130 Å². The molecule has 240 valence electrons. The number of rotatable bonds is 13. The summed E-state index contributed by atoms with van der Waals surface area (Å²) in [6.07, 6.45) is 16.9. The van der Waals surface area contributed by atoms with Crippen LogP contribution in [0.15, 0.2) is 0 Å². The van der Waals surface area contributed by atoms with E-state index in [4.69, 9.17) is 0 Å². The molecule has 0 aromatic heterocycles. The Hall–Kier alpha value is -0.280. The molecule has 0 aliphatic heterocycles. The van der Waals surface area contributed by atoms with E-state index in [1.165, 1.54) is 44.9 Å². The highest BCUT2D eigenvalue weighted by atomic mass is 19.2. The van der Waals surface area contributed by atoms with Gasteiger partial charge in [0.2, 0.25) is 0 Å². The standard InChI is InChI=1S/C37H64F4/c1-4-6-8-9-11-30-20-22-32(36(40)34(30)38)29-18-16-27(17-19-29)25(3)24-31-21-23-33(37(41)35(31)39)28-14-12-26(13-15-28)10-7-5-2/h25-37H,4-24H2,1-3H3. The lowest BCUT2D eigenvalue weighted by Gasteiger charge is -2.44. The van der Waals surface area contributed by atoms with Crippen LogP contribution in [0.5, 0.6) is 0 Å². The molecular formula is C37H64F4. The van der Waals surface area contributed by atoms with Crippen molar-refractivity contribution in [2.45, 2.75) is 180 Å². The summed E-state index contributed by atoms with van der Waals surface area (Å²) in [7, 11) is 0. The van der Waals surface area contributed by atoms with Crippen molar-refractivity contribution in [3.05, 3.63) is 0 Å². The number of alkyl halides is 4. The van der Waals surface area contributed by atoms with E-state index in [-0.39, 0.29) is 23.7 Å². The molecule has 9 atom stereocenters. The summed E-state index contributed by atoms with van der Waals surface area (Å²) in [6, 6.07) is 0. The molecule has 4 aliphatic rings. The van der Waals surface area contributed by atoms with Crippen LogP contribution in [0.2, 0.25) is 0 Å². The first-order chi connectivity index (χ1) is 19.8. The van der Waals surface area contributed by atoms with Crippen LogP contribution in [0, 0.1) is 53.3 Å². The monoisotopic (exact) mass is 584 g/mol. The quantitative estimate of drug-likeness (QED) is 0.149. The predicted molar refractivity (Wildman–Crippen MR) is 165 cm³/mol. The van der Waals surface area contributed by atoms with Crippen LogP contribution in [-0.4, -0.2) is 24.7 Å². The Kier molecular flexibility index (Phi) is 13.7. The summed E-state index contributed by atoms with van der Waals surface area (Å²) in [6.45, 7) is 6.67. The van der Waals surface area contributed by atoms with Gasteiger partial charge in [0.25, 0.3) is 0 Å². The molecule has 4 aliphatic carbocycles. The first-order valence-electron chi connectivity index (χ1n) is 18.4. The van der Waals surface area contributed by atoms with E-state index >= 15 is 17.6 Å². The van der Waals surface area contributed by atoms with Gasteiger partial charge >= 0.3 is 0 Å². The van der Waals surface area contributed by atoms with Gasteiger partial charge in [-0.15, -0.1) is 0 Å². The molecule has 4 rings (SSSR count). The molecule has 0 nitrogen and oxygen atoms in total. The second kappa shape index (κ2) is 16.7. The zero-order chi connectivity index (χ0) is 29.4. The molecule has 0 amide bonds. The Morgan fingerprint density at radius 2 is 1.05 bits per heavy atom. The van der Waals surface area contributed by atoms with E-state index in [9.17, 15) is 0 Å². The van der Waals surface area contributed by atoms with E-state index < -0.39 is 24.7 Å². The molecule has 0 radical (unpaired) electrons. The third-order valence-electron chi connectivity index (χ3n) is 12.9. The van der Waals surface area contributed by atoms with Crippen molar-refractivity contribution < 1.29 is 17.6 Å². The molecule has 0 heterocycles. The van der Waals surface area contributed by atoms with Crippen LogP contribution in [-0.2, 0) is 0 Å². The Morgan fingerprint density at radius 3 is 1.63 bits per heavy atom. The lowest BCUT2D eigenvalue weighted by Crippen LogP contribution is -2.43. The van der Waals surface area contributed by atoms with Crippen LogP contribution in [0.25, 0.3) is 0 Å². The number of halogens is 4. The fourth-order valence-corrected chi connectivity index (χ4v) is 10.0. The summed E-state index contributed by atoms with van der Waals surface area (Å²) in [5.41, 5.74) is 0. The second-order valence-corrected chi connectivity index (χ2v) is 15.4. The lowest BCUT2D eigenvalue weighted by atomic mass is 9.64. The second-order valence-electron chi connectivity index (χ2n) is 15.4. The van der Waals surface area contributed by atoms with Crippen LogP contribution in [0.4, 0.5) is 17.6 Å². The lowest BCUT2D eigenvalue weighted by molar-refractivity contribution is -0.0265. The van der Waals surface area contributed by atoms with E-state index in [2.05, 4.69) is 20.8 Å². The third kappa shape index (κ3) is 8.89. The van der Waals surface area contributed by atoms with Gasteiger partial charge in [-0.25, -0.2) is 17.6 Å². The Balaban J connectivity index is 1.17. The van der Waals surface area contributed by atoms with Crippen LogP contribution < -0.4 is 0 Å². The molecule has 41 heavy (non-hydrogen) atoms. The molecular weight excluding hydrogens is 520 g/mol. The van der Waals surface area contributed by atoms with Crippen molar-refractivity contribution in [3.63, 3.8) is 0 Å². The zero-order valence-electron chi connectivity index (χ0n) is 26.9. The molecule has 0 saturated heterocycles. The first-order valence-corrected chi connectivity index (χ1v) is 18.4. The molecule has 0 bridgehead atoms. The molecule has 4 fully saturated rings. The summed E-state index contributed by atoms with van der Waals surface area (Å²) < 4.78 is 61.3. The highest BCUT2D eigenvalue weighted by Crippen LogP contribution is 2.49. The molecule has 4 heteroatoms. The Morgan fingerprint density at radius 1 is 0.512 bits per heavy atom. The number of unbranched alkanes of at least 4 members (excludes halogenated alkanes) is 4. The normalized spacial score (nSPS) is 43.1. The molecule has 0 spiro atoms. The zero-order valence-corrected chi connectivity index (χ0v) is 26.9. The fraction of sp³-hybridized carbons (Fsp3) is 1.00. The van der Waals surface area contributed by atoms with Gasteiger partial charge in [-0.2, -0.15) is 0 Å². The largest absolute Gasteiger partial charge is 0.244 e. The average molecular weight is 585 g/mol. The van der Waals surface area contributed by atoms with Crippen molar-refractivity contribution in [2.24, 2.45) is 53.3 Å². The maximum Gasteiger partial charge on any atom is 0.134 e. The summed E-state index contributed by atoms with van der Waals surface area (Å²) >= 11 is 0. The van der Waals surface area contributed by atoms with Gasteiger partial charge in [-0.3, -0.25) is 0 Å². The molecule has 0 aromatic carbocycles. The van der Waals surface area contributed by atoms with Crippen LogP contribution in [0.1, 0.15) is 156 Å². The molecule has 0 aromatic rings. The van der Waals surface area contributed by atoms with E-state index in [1.54, 1.807) is 0 Å².